The minimum absolute atomic E-state index is 0.218. The van der Waals surface area contributed by atoms with Gasteiger partial charge in [0.15, 0.2) is 4.80 Å². The number of methoxy groups -OCH3 is 1. The van der Waals surface area contributed by atoms with Gasteiger partial charge in [-0.15, -0.1) is 0 Å². The van der Waals surface area contributed by atoms with E-state index in [1.54, 1.807) is 17.6 Å². The van der Waals surface area contributed by atoms with Crippen LogP contribution in [0.3, 0.4) is 0 Å². The number of hydrogen-bond donors (Lipinski definition) is 0. The Morgan fingerprint density at radius 1 is 1.07 bits per heavy atom. The molecule has 6 nitrogen and oxygen atoms in total. The molecule has 0 N–H and O–H groups in total. The topological polar surface area (TPSA) is 65.6 Å². The van der Waals surface area contributed by atoms with Crippen molar-refractivity contribution in [1.82, 2.24) is 9.13 Å². The fourth-order valence-electron chi connectivity index (χ4n) is 5.14. The molecule has 1 atom stereocenters. The van der Waals surface area contributed by atoms with E-state index in [1.165, 1.54) is 18.4 Å². The molecule has 0 saturated carbocycles. The molecule has 0 fully saturated rings. The Morgan fingerprint density at radius 3 is 2.58 bits per heavy atom. The van der Waals surface area contributed by atoms with Crippen LogP contribution in [0.1, 0.15) is 29.7 Å². The van der Waals surface area contributed by atoms with Crippen LogP contribution in [-0.4, -0.2) is 22.2 Å². The molecular formula is C31H23Cl2N3O3S. The Morgan fingerprint density at radius 2 is 1.82 bits per heavy atom. The van der Waals surface area contributed by atoms with E-state index in [2.05, 4.69) is 9.56 Å². The molecule has 0 aliphatic carbocycles. The second kappa shape index (κ2) is 10.6. The van der Waals surface area contributed by atoms with E-state index in [-0.39, 0.29) is 5.56 Å². The third kappa shape index (κ3) is 4.60. The maximum Gasteiger partial charge on any atom is 0.338 e. The van der Waals surface area contributed by atoms with E-state index in [1.807, 2.05) is 79.0 Å². The van der Waals surface area contributed by atoms with Gasteiger partial charge >= 0.3 is 5.97 Å². The summed E-state index contributed by atoms with van der Waals surface area (Å²) in [6.07, 6.45) is 3.92. The summed E-state index contributed by atoms with van der Waals surface area (Å²) in [5.41, 5.74) is 4.32. The molecule has 5 aromatic rings. The molecule has 1 aliphatic rings. The summed E-state index contributed by atoms with van der Waals surface area (Å²) in [6.45, 7) is 2.32. The van der Waals surface area contributed by atoms with E-state index < -0.39 is 12.0 Å². The molecular weight excluding hydrogens is 565 g/mol. The average Bonchev–Trinajstić information content (AvgIpc) is 3.46. The predicted molar refractivity (Wildman–Crippen MR) is 160 cm³/mol. The Labute approximate surface area is 243 Å². The molecule has 1 aliphatic heterocycles. The SMILES string of the molecule is COC(=O)C1=C(C)N=c2sc(=Cc3cn(Cc4ccc(Cl)cc4Cl)c4ccccc34)c(=O)n2C1c1ccccc1. The zero-order valence-electron chi connectivity index (χ0n) is 21.6. The predicted octanol–water partition coefficient (Wildman–Crippen LogP) is 5.72. The molecule has 1 unspecified atom stereocenters. The molecule has 0 amide bonds. The summed E-state index contributed by atoms with van der Waals surface area (Å²) < 4.78 is 9.31. The van der Waals surface area contributed by atoms with Crippen molar-refractivity contribution in [2.24, 2.45) is 4.99 Å². The normalized spacial score (nSPS) is 15.3. The van der Waals surface area contributed by atoms with Gasteiger partial charge in [-0.25, -0.2) is 9.79 Å². The molecule has 200 valence electrons. The molecule has 6 rings (SSSR count). The van der Waals surface area contributed by atoms with E-state index in [9.17, 15) is 9.59 Å². The van der Waals surface area contributed by atoms with Crippen molar-refractivity contribution in [2.75, 3.05) is 7.11 Å². The molecule has 0 radical (unpaired) electrons. The van der Waals surface area contributed by atoms with Gasteiger partial charge in [-0.1, -0.05) is 89.1 Å². The van der Waals surface area contributed by atoms with Gasteiger partial charge in [0.1, 0.15) is 0 Å². The van der Waals surface area contributed by atoms with Gasteiger partial charge < -0.3 is 9.30 Å². The van der Waals surface area contributed by atoms with Crippen molar-refractivity contribution >= 4 is 57.5 Å². The maximum absolute atomic E-state index is 13.9. The van der Waals surface area contributed by atoms with Crippen LogP contribution in [0, 0.1) is 0 Å². The van der Waals surface area contributed by atoms with Crippen molar-refractivity contribution in [3.8, 4) is 0 Å². The highest BCUT2D eigenvalue weighted by Gasteiger charge is 2.33. The van der Waals surface area contributed by atoms with E-state index in [4.69, 9.17) is 27.9 Å². The number of allylic oxidation sites excluding steroid dienone is 1. The van der Waals surface area contributed by atoms with Crippen LogP contribution in [0.2, 0.25) is 10.0 Å². The first-order valence-corrected chi connectivity index (χ1v) is 14.1. The maximum atomic E-state index is 13.9. The number of esters is 1. The van der Waals surface area contributed by atoms with Crippen molar-refractivity contribution in [3.05, 3.63) is 137 Å². The van der Waals surface area contributed by atoms with Gasteiger partial charge in [-0.3, -0.25) is 9.36 Å². The quantitative estimate of drug-likeness (QED) is 0.247. The Bertz CT molecular complexity index is 2010. The molecule has 3 heterocycles. The van der Waals surface area contributed by atoms with Gasteiger partial charge in [0.2, 0.25) is 0 Å². The second-order valence-corrected chi connectivity index (χ2v) is 11.3. The van der Waals surface area contributed by atoms with Gasteiger partial charge in [0.05, 0.1) is 29.0 Å². The molecule has 2 aromatic heterocycles. The highest BCUT2D eigenvalue weighted by Crippen LogP contribution is 2.31. The average molecular weight is 589 g/mol. The third-order valence-corrected chi connectivity index (χ3v) is 8.57. The van der Waals surface area contributed by atoms with Crippen LogP contribution in [0.5, 0.6) is 0 Å². The lowest BCUT2D eigenvalue weighted by atomic mass is 9.96. The number of carbonyl (C=O) groups is 1. The number of thiazole rings is 1. The fourth-order valence-corrected chi connectivity index (χ4v) is 6.64. The van der Waals surface area contributed by atoms with Gasteiger partial charge in [-0.05, 0) is 42.3 Å². The lowest BCUT2D eigenvalue weighted by molar-refractivity contribution is -0.136. The number of benzene rings is 3. The first-order valence-electron chi connectivity index (χ1n) is 12.5. The fraction of sp³-hybridized carbons (Fsp3) is 0.129. The number of nitrogens with zero attached hydrogens (tertiary/aromatic N) is 3. The van der Waals surface area contributed by atoms with Gasteiger partial charge in [0.25, 0.3) is 5.56 Å². The van der Waals surface area contributed by atoms with Gasteiger partial charge in [0, 0.05) is 39.3 Å². The zero-order valence-corrected chi connectivity index (χ0v) is 23.9. The molecule has 3 aromatic carbocycles. The lowest BCUT2D eigenvalue weighted by Gasteiger charge is -2.24. The smallest absolute Gasteiger partial charge is 0.338 e. The van der Waals surface area contributed by atoms with E-state index in [0.717, 1.165) is 27.6 Å². The van der Waals surface area contributed by atoms with E-state index in [0.29, 0.717) is 37.2 Å². The largest absolute Gasteiger partial charge is 0.466 e. The van der Waals surface area contributed by atoms with Crippen molar-refractivity contribution in [1.29, 1.82) is 0 Å². The minimum atomic E-state index is -0.638. The van der Waals surface area contributed by atoms with Crippen LogP contribution < -0.4 is 14.9 Å². The van der Waals surface area contributed by atoms with Gasteiger partial charge in [-0.2, -0.15) is 0 Å². The van der Waals surface area contributed by atoms with Crippen LogP contribution in [0.25, 0.3) is 17.0 Å². The number of carbonyl (C=O) groups excluding carboxylic acids is 1. The number of rotatable bonds is 5. The number of ether oxygens (including phenoxy) is 1. The van der Waals surface area contributed by atoms with Crippen LogP contribution in [-0.2, 0) is 16.1 Å². The highest BCUT2D eigenvalue weighted by atomic mass is 35.5. The molecule has 0 saturated heterocycles. The summed E-state index contributed by atoms with van der Waals surface area (Å²) in [5.74, 6) is -0.506. The Balaban J connectivity index is 1.52. The summed E-state index contributed by atoms with van der Waals surface area (Å²) in [6, 6.07) is 22.3. The van der Waals surface area contributed by atoms with Crippen molar-refractivity contribution in [3.63, 3.8) is 0 Å². The summed E-state index contributed by atoms with van der Waals surface area (Å²) in [7, 11) is 1.34. The summed E-state index contributed by atoms with van der Waals surface area (Å²) >= 11 is 13.9. The summed E-state index contributed by atoms with van der Waals surface area (Å²) in [5, 5.41) is 2.18. The zero-order chi connectivity index (χ0) is 28.0. The number of aromatic nitrogens is 2. The number of halogens is 2. The monoisotopic (exact) mass is 587 g/mol. The van der Waals surface area contributed by atoms with Crippen molar-refractivity contribution < 1.29 is 9.53 Å². The molecule has 0 bridgehead atoms. The van der Waals surface area contributed by atoms with Crippen LogP contribution in [0.4, 0.5) is 0 Å². The third-order valence-electron chi connectivity index (χ3n) is 7.00. The lowest BCUT2D eigenvalue weighted by Crippen LogP contribution is -2.39. The standard InChI is InChI=1S/C31H23Cl2N3O3S/c1-18-27(30(38)39-2)28(19-8-4-3-5-9-19)36-29(37)26(40-31(36)34-18)14-21-17-35(25-11-7-6-10-23(21)25)16-20-12-13-22(32)15-24(20)33/h3-15,17,28H,16H2,1-2H3. The summed E-state index contributed by atoms with van der Waals surface area (Å²) in [4.78, 5) is 32.0. The minimum Gasteiger partial charge on any atom is -0.466 e. The Hall–Kier alpha value is -3.91. The number of para-hydroxylation sites is 1. The number of hydrogen-bond acceptors (Lipinski definition) is 5. The second-order valence-electron chi connectivity index (χ2n) is 9.45. The first kappa shape index (κ1) is 26.3. The van der Waals surface area contributed by atoms with Crippen LogP contribution in [0.15, 0.2) is 100 Å². The molecule has 40 heavy (non-hydrogen) atoms. The molecule has 0 spiro atoms. The molecule has 9 heteroatoms. The van der Waals surface area contributed by atoms with Crippen molar-refractivity contribution in [2.45, 2.75) is 19.5 Å². The number of fused-ring (bicyclic) bond motifs is 2. The van der Waals surface area contributed by atoms with Crippen LogP contribution >= 0.6 is 34.5 Å². The first-order chi connectivity index (χ1) is 19.4. The highest BCUT2D eigenvalue weighted by molar-refractivity contribution is 7.07. The Kier molecular flexibility index (Phi) is 6.96. The van der Waals surface area contributed by atoms with E-state index >= 15 is 0 Å².